The molecule has 0 fully saturated rings. The number of anilines is 2. The van der Waals surface area contributed by atoms with E-state index in [1.165, 1.54) is 0 Å². The first-order chi connectivity index (χ1) is 9.45. The summed E-state index contributed by atoms with van der Waals surface area (Å²) in [6, 6.07) is 6.53. The lowest BCUT2D eigenvalue weighted by molar-refractivity contribution is 0.0980. The van der Waals surface area contributed by atoms with Crippen LogP contribution in [0.4, 0.5) is 11.4 Å². The molecular weight excluding hydrogens is 296 g/mol. The van der Waals surface area contributed by atoms with E-state index >= 15 is 0 Å². The van der Waals surface area contributed by atoms with Crippen LogP contribution in [0.1, 0.15) is 31.8 Å². The van der Waals surface area contributed by atoms with Crippen LogP contribution in [0.5, 0.6) is 0 Å². The third kappa shape index (κ3) is 1.50. The maximum Gasteiger partial charge on any atom is 0.196 e. The molecule has 4 nitrogen and oxygen atoms in total. The van der Waals surface area contributed by atoms with Crippen molar-refractivity contribution in [3.05, 3.63) is 51.5 Å². The second-order valence-corrected chi connectivity index (χ2v) is 5.27. The second-order valence-electron chi connectivity index (χ2n) is 4.44. The summed E-state index contributed by atoms with van der Waals surface area (Å²) >= 11 is 10.2. The second kappa shape index (κ2) is 4.26. The van der Waals surface area contributed by atoms with Gasteiger partial charge in [-0.2, -0.15) is 0 Å². The van der Waals surface area contributed by atoms with Gasteiger partial charge in [0.05, 0.1) is 27.5 Å². The number of hydrogen-bond donors (Lipinski definition) is 3. The predicted octanol–water partition coefficient (Wildman–Crippen LogP) is 2.57. The summed E-state index contributed by atoms with van der Waals surface area (Å²) in [6.07, 6.45) is 0. The van der Waals surface area contributed by atoms with Crippen molar-refractivity contribution >= 4 is 47.2 Å². The average Bonchev–Trinajstić information content (AvgIpc) is 2.46. The van der Waals surface area contributed by atoms with Crippen molar-refractivity contribution < 1.29 is 9.59 Å². The lowest BCUT2D eigenvalue weighted by atomic mass is 9.82. The fraction of sp³-hybridized carbons (Fsp3) is 0. The molecule has 2 aromatic rings. The van der Waals surface area contributed by atoms with Crippen LogP contribution in [0, 0.1) is 0 Å². The third-order valence-electron chi connectivity index (χ3n) is 3.36. The van der Waals surface area contributed by atoms with Gasteiger partial charge in [0.15, 0.2) is 11.6 Å². The summed E-state index contributed by atoms with van der Waals surface area (Å²) in [6.45, 7) is 0. The molecule has 0 spiro atoms. The van der Waals surface area contributed by atoms with Gasteiger partial charge >= 0.3 is 0 Å². The Balaban J connectivity index is 2.46. The number of fused-ring (bicyclic) bond motifs is 2. The molecule has 0 radical (unpaired) electrons. The van der Waals surface area contributed by atoms with Crippen molar-refractivity contribution in [1.82, 2.24) is 0 Å². The van der Waals surface area contributed by atoms with Gasteiger partial charge in [-0.05, 0) is 0 Å². The Morgan fingerprint density at radius 2 is 1.35 bits per heavy atom. The smallest absolute Gasteiger partial charge is 0.196 e. The summed E-state index contributed by atoms with van der Waals surface area (Å²) in [4.78, 5) is 25.3. The van der Waals surface area contributed by atoms with Crippen LogP contribution in [0.15, 0.2) is 29.2 Å². The van der Waals surface area contributed by atoms with Crippen LogP contribution in [0.25, 0.3) is 0 Å². The Hall–Kier alpha value is -1.98. The Morgan fingerprint density at radius 1 is 0.900 bits per heavy atom. The van der Waals surface area contributed by atoms with Crippen molar-refractivity contribution in [3.63, 3.8) is 0 Å². The zero-order chi connectivity index (χ0) is 14.6. The largest absolute Gasteiger partial charge is 0.397 e. The first-order valence-corrected chi connectivity index (χ1v) is 6.55. The van der Waals surface area contributed by atoms with Gasteiger partial charge in [-0.25, -0.2) is 0 Å². The molecule has 0 heterocycles. The highest BCUT2D eigenvalue weighted by Gasteiger charge is 2.35. The number of carbonyl (C=O) groups excluding carboxylic acids is 2. The number of thiol groups is 1. The first-order valence-electron chi connectivity index (χ1n) is 5.73. The minimum atomic E-state index is -0.352. The molecule has 0 aromatic heterocycles. The Kier molecular flexibility index (Phi) is 2.77. The molecular formula is C14H9ClN2O2S. The van der Waals surface area contributed by atoms with Crippen LogP contribution in [0.3, 0.4) is 0 Å². The molecule has 0 saturated heterocycles. The number of hydrogen-bond acceptors (Lipinski definition) is 5. The Labute approximate surface area is 125 Å². The first kappa shape index (κ1) is 13.0. The predicted molar refractivity (Wildman–Crippen MR) is 80.8 cm³/mol. The monoisotopic (exact) mass is 304 g/mol. The molecule has 3 rings (SSSR count). The Bertz CT molecular complexity index is 736. The minimum Gasteiger partial charge on any atom is -0.397 e. The van der Waals surface area contributed by atoms with Crippen molar-refractivity contribution in [3.8, 4) is 0 Å². The van der Waals surface area contributed by atoms with E-state index in [9.17, 15) is 9.59 Å². The molecule has 2 aromatic carbocycles. The minimum absolute atomic E-state index is 0.0359. The number of nitrogen functional groups attached to an aromatic ring is 2. The van der Waals surface area contributed by atoms with Crippen LogP contribution in [-0.2, 0) is 0 Å². The number of rotatable bonds is 0. The van der Waals surface area contributed by atoms with Gasteiger partial charge in [0.25, 0.3) is 0 Å². The van der Waals surface area contributed by atoms with E-state index in [4.69, 9.17) is 23.1 Å². The van der Waals surface area contributed by atoms with E-state index in [-0.39, 0.29) is 44.0 Å². The summed E-state index contributed by atoms with van der Waals surface area (Å²) in [5, 5.41) is 0.0881. The van der Waals surface area contributed by atoms with Gasteiger partial charge < -0.3 is 11.5 Å². The maximum atomic E-state index is 12.5. The number of ketones is 2. The number of halogens is 1. The maximum absolute atomic E-state index is 12.5. The molecule has 0 aliphatic heterocycles. The number of carbonyl (C=O) groups is 2. The van der Waals surface area contributed by atoms with E-state index in [2.05, 4.69) is 12.6 Å². The molecule has 6 heteroatoms. The van der Waals surface area contributed by atoms with Gasteiger partial charge in [0, 0.05) is 16.0 Å². The molecule has 0 bridgehead atoms. The molecule has 0 saturated carbocycles. The van der Waals surface area contributed by atoms with E-state index in [0.29, 0.717) is 11.1 Å². The van der Waals surface area contributed by atoms with E-state index in [1.54, 1.807) is 24.3 Å². The van der Waals surface area contributed by atoms with Crippen molar-refractivity contribution in [2.75, 3.05) is 11.5 Å². The molecule has 0 unspecified atom stereocenters. The van der Waals surface area contributed by atoms with Gasteiger partial charge in [-0.1, -0.05) is 35.9 Å². The normalized spacial score (nSPS) is 13.1. The number of nitrogens with two attached hydrogens (primary N) is 2. The quantitative estimate of drug-likeness (QED) is 0.440. The third-order valence-corrected chi connectivity index (χ3v) is 4.35. The summed E-state index contributed by atoms with van der Waals surface area (Å²) < 4.78 is 0. The van der Waals surface area contributed by atoms with Crippen LogP contribution in [0.2, 0.25) is 5.02 Å². The topological polar surface area (TPSA) is 86.2 Å². The highest BCUT2D eigenvalue weighted by atomic mass is 35.5. The average molecular weight is 305 g/mol. The zero-order valence-electron chi connectivity index (χ0n) is 10.1. The summed E-state index contributed by atoms with van der Waals surface area (Å²) in [7, 11) is 0. The molecule has 4 N–H and O–H groups in total. The molecule has 100 valence electrons. The molecule has 20 heavy (non-hydrogen) atoms. The van der Waals surface area contributed by atoms with Gasteiger partial charge in [0.1, 0.15) is 0 Å². The fourth-order valence-electron chi connectivity index (χ4n) is 2.36. The van der Waals surface area contributed by atoms with Crippen LogP contribution in [-0.4, -0.2) is 11.6 Å². The van der Waals surface area contributed by atoms with Crippen LogP contribution >= 0.6 is 24.2 Å². The van der Waals surface area contributed by atoms with E-state index in [0.717, 1.165) is 0 Å². The SMILES string of the molecule is Nc1c(S)c(Cl)c(N)c2c1C(=O)c1ccccc1C2=O. The Morgan fingerprint density at radius 3 is 1.85 bits per heavy atom. The molecule has 1 aliphatic carbocycles. The molecule has 1 aliphatic rings. The lowest BCUT2D eigenvalue weighted by Crippen LogP contribution is -2.24. The summed E-state index contributed by atoms with van der Waals surface area (Å²) in [5.41, 5.74) is 12.6. The summed E-state index contributed by atoms with van der Waals surface area (Å²) in [5.74, 6) is -0.694. The van der Waals surface area contributed by atoms with E-state index in [1.807, 2.05) is 0 Å². The van der Waals surface area contributed by atoms with Gasteiger partial charge in [-0.3, -0.25) is 9.59 Å². The van der Waals surface area contributed by atoms with Crippen molar-refractivity contribution in [2.24, 2.45) is 0 Å². The van der Waals surface area contributed by atoms with Gasteiger partial charge in [0.2, 0.25) is 0 Å². The molecule has 0 amide bonds. The standard InChI is InChI=1S/C14H9ClN2O2S/c15-9-10(16)7-8(11(17)14(9)20)13(19)6-4-2-1-3-5(6)12(7)18/h1-4,20H,16-17H2. The number of benzene rings is 2. The van der Waals surface area contributed by atoms with Crippen LogP contribution < -0.4 is 11.5 Å². The van der Waals surface area contributed by atoms with Crippen molar-refractivity contribution in [1.29, 1.82) is 0 Å². The molecule has 0 atom stereocenters. The fourth-order valence-corrected chi connectivity index (χ4v) is 2.79. The van der Waals surface area contributed by atoms with Gasteiger partial charge in [-0.15, -0.1) is 12.6 Å². The van der Waals surface area contributed by atoms with Crippen molar-refractivity contribution in [2.45, 2.75) is 4.90 Å². The lowest BCUT2D eigenvalue weighted by Gasteiger charge is -2.22. The van der Waals surface area contributed by atoms with E-state index < -0.39 is 0 Å². The highest BCUT2D eigenvalue weighted by Crippen LogP contribution is 2.42. The zero-order valence-corrected chi connectivity index (χ0v) is 11.8. The highest BCUT2D eigenvalue weighted by molar-refractivity contribution is 7.80.